The Morgan fingerprint density at radius 1 is 1.45 bits per heavy atom. The topological polar surface area (TPSA) is 63.0 Å². The second-order valence-corrected chi connectivity index (χ2v) is 7.00. The molecule has 0 saturated heterocycles. The van der Waals surface area contributed by atoms with E-state index in [0.717, 1.165) is 15.6 Å². The summed E-state index contributed by atoms with van der Waals surface area (Å²) < 4.78 is 5.77. The molecule has 1 aromatic rings. The first-order valence-electron chi connectivity index (χ1n) is 6.43. The van der Waals surface area contributed by atoms with Gasteiger partial charge in [0, 0.05) is 12.5 Å². The molecule has 4 nitrogen and oxygen atoms in total. The van der Waals surface area contributed by atoms with Gasteiger partial charge in [-0.05, 0) is 26.3 Å². The Hall–Kier alpha value is -1.51. The van der Waals surface area contributed by atoms with E-state index in [1.807, 2.05) is 33.8 Å². The standard InChI is InChI=1S/C15H18N2O2S/c1-9-13(20-10(2)17-9)15(19-5)6-11(7-16)12(18)14(3,4)8-15/h6H,8H2,1-5H3. The quantitative estimate of drug-likeness (QED) is 0.839. The van der Waals surface area contributed by atoms with Gasteiger partial charge in [0.15, 0.2) is 5.78 Å². The molecule has 0 bridgehead atoms. The van der Waals surface area contributed by atoms with Crippen molar-refractivity contribution < 1.29 is 9.53 Å². The lowest BCUT2D eigenvalue weighted by Gasteiger charge is -2.39. The summed E-state index contributed by atoms with van der Waals surface area (Å²) in [5.74, 6) is -0.119. The number of allylic oxidation sites excluding steroid dienone is 1. The van der Waals surface area contributed by atoms with E-state index in [1.165, 1.54) is 0 Å². The van der Waals surface area contributed by atoms with Crippen LogP contribution in [-0.4, -0.2) is 17.9 Å². The van der Waals surface area contributed by atoms with Crippen LogP contribution in [0.4, 0.5) is 0 Å². The first kappa shape index (κ1) is 14.9. The van der Waals surface area contributed by atoms with Gasteiger partial charge in [-0.15, -0.1) is 11.3 Å². The largest absolute Gasteiger partial charge is 0.368 e. The van der Waals surface area contributed by atoms with Crippen LogP contribution in [0.1, 0.15) is 35.8 Å². The average Bonchev–Trinajstić information content (AvgIpc) is 2.72. The Labute approximate surface area is 123 Å². The van der Waals surface area contributed by atoms with Gasteiger partial charge in [0.1, 0.15) is 11.7 Å². The van der Waals surface area contributed by atoms with Crippen molar-refractivity contribution in [2.45, 2.75) is 39.7 Å². The lowest BCUT2D eigenvalue weighted by molar-refractivity contribution is -0.128. The molecule has 20 heavy (non-hydrogen) atoms. The molecule has 0 N–H and O–H groups in total. The number of thiazole rings is 1. The number of ether oxygens (including phenoxy) is 1. The number of methoxy groups -OCH3 is 1. The highest BCUT2D eigenvalue weighted by Crippen LogP contribution is 2.47. The Morgan fingerprint density at radius 3 is 2.55 bits per heavy atom. The van der Waals surface area contributed by atoms with Gasteiger partial charge in [-0.2, -0.15) is 5.26 Å². The molecule has 106 valence electrons. The highest BCUT2D eigenvalue weighted by molar-refractivity contribution is 7.11. The molecule has 0 fully saturated rings. The number of nitriles is 1. The smallest absolute Gasteiger partial charge is 0.178 e. The minimum Gasteiger partial charge on any atom is -0.368 e. The number of ketones is 1. The lowest BCUT2D eigenvalue weighted by atomic mass is 9.69. The van der Waals surface area contributed by atoms with E-state index < -0.39 is 11.0 Å². The molecule has 5 heteroatoms. The van der Waals surface area contributed by atoms with Crippen molar-refractivity contribution in [3.63, 3.8) is 0 Å². The highest BCUT2D eigenvalue weighted by atomic mass is 32.1. The zero-order valence-corrected chi connectivity index (χ0v) is 13.2. The van der Waals surface area contributed by atoms with Crippen molar-refractivity contribution in [2.75, 3.05) is 7.11 Å². The number of aromatic nitrogens is 1. The van der Waals surface area contributed by atoms with Crippen molar-refractivity contribution in [3.8, 4) is 6.07 Å². The summed E-state index contributed by atoms with van der Waals surface area (Å²) in [6, 6.07) is 2.01. The van der Waals surface area contributed by atoms with Gasteiger partial charge in [0.25, 0.3) is 0 Å². The molecule has 1 unspecified atom stereocenters. The predicted octanol–water partition coefficient (Wildman–Crippen LogP) is 3.05. The highest BCUT2D eigenvalue weighted by Gasteiger charge is 2.47. The van der Waals surface area contributed by atoms with E-state index in [4.69, 9.17) is 4.74 Å². The summed E-state index contributed by atoms with van der Waals surface area (Å²) >= 11 is 1.56. The van der Waals surface area contributed by atoms with E-state index in [9.17, 15) is 10.1 Å². The maximum absolute atomic E-state index is 12.2. The Kier molecular flexibility index (Phi) is 3.57. The average molecular weight is 290 g/mol. The lowest BCUT2D eigenvalue weighted by Crippen LogP contribution is -2.42. The van der Waals surface area contributed by atoms with E-state index >= 15 is 0 Å². The molecule has 0 saturated carbocycles. The summed E-state index contributed by atoms with van der Waals surface area (Å²) in [6.07, 6.45) is 2.18. The van der Waals surface area contributed by atoms with E-state index in [1.54, 1.807) is 24.5 Å². The molecule has 2 rings (SSSR count). The number of nitrogens with zero attached hydrogens (tertiary/aromatic N) is 2. The Balaban J connectivity index is 2.68. The van der Waals surface area contributed by atoms with Gasteiger partial charge >= 0.3 is 0 Å². The molecule has 0 amide bonds. The molecule has 0 aliphatic heterocycles. The SMILES string of the molecule is COC1(c2sc(C)nc2C)C=C(C#N)C(=O)C(C)(C)C1. The third-order valence-electron chi connectivity index (χ3n) is 3.71. The maximum Gasteiger partial charge on any atom is 0.178 e. The summed E-state index contributed by atoms with van der Waals surface area (Å²) in [5.41, 5.74) is -0.292. The number of rotatable bonds is 2. The molecule has 1 heterocycles. The second-order valence-electron chi connectivity index (χ2n) is 5.80. The molecule has 0 spiro atoms. The number of carbonyl (C=O) groups excluding carboxylic acids is 1. The predicted molar refractivity (Wildman–Crippen MR) is 77.4 cm³/mol. The Bertz CT molecular complexity index is 637. The molecule has 1 aromatic heterocycles. The summed E-state index contributed by atoms with van der Waals surface area (Å²) in [7, 11) is 1.62. The van der Waals surface area contributed by atoms with Crippen LogP contribution < -0.4 is 0 Å². The minimum absolute atomic E-state index is 0.119. The van der Waals surface area contributed by atoms with Crippen LogP contribution in [0.3, 0.4) is 0 Å². The third kappa shape index (κ3) is 2.19. The van der Waals surface area contributed by atoms with Crippen molar-refractivity contribution in [3.05, 3.63) is 27.2 Å². The van der Waals surface area contributed by atoms with Gasteiger partial charge in [-0.25, -0.2) is 4.98 Å². The van der Waals surface area contributed by atoms with E-state index in [0.29, 0.717) is 6.42 Å². The second kappa shape index (κ2) is 4.80. The molecule has 1 aliphatic carbocycles. The fraction of sp³-hybridized carbons (Fsp3) is 0.533. The summed E-state index contributed by atoms with van der Waals surface area (Å²) in [6.45, 7) is 7.59. The number of hydrogen-bond acceptors (Lipinski definition) is 5. The van der Waals surface area contributed by atoms with Gasteiger partial charge in [0.2, 0.25) is 0 Å². The van der Waals surface area contributed by atoms with Crippen LogP contribution in [0, 0.1) is 30.6 Å². The van der Waals surface area contributed by atoms with Crippen molar-refractivity contribution in [2.24, 2.45) is 5.41 Å². The zero-order valence-electron chi connectivity index (χ0n) is 12.4. The number of hydrogen-bond donors (Lipinski definition) is 0. The number of carbonyl (C=O) groups is 1. The monoisotopic (exact) mass is 290 g/mol. The zero-order chi connectivity index (χ0) is 15.1. The van der Waals surface area contributed by atoms with Gasteiger partial charge in [0.05, 0.1) is 21.2 Å². The normalized spacial score (nSPS) is 25.2. The van der Waals surface area contributed by atoms with Crippen LogP contribution in [0.15, 0.2) is 11.6 Å². The first-order chi connectivity index (χ1) is 9.25. The van der Waals surface area contributed by atoms with Crippen molar-refractivity contribution in [1.29, 1.82) is 5.26 Å². The molecule has 0 aromatic carbocycles. The number of Topliss-reactive ketones (excluding diaryl/α,β-unsaturated/α-hetero) is 1. The van der Waals surface area contributed by atoms with Crippen LogP contribution in [-0.2, 0) is 15.1 Å². The third-order valence-corrected chi connectivity index (χ3v) is 4.95. The van der Waals surface area contributed by atoms with Crippen molar-refractivity contribution >= 4 is 17.1 Å². The van der Waals surface area contributed by atoms with Gasteiger partial charge in [-0.3, -0.25) is 4.79 Å². The fourth-order valence-corrected chi connectivity index (χ4v) is 3.89. The van der Waals surface area contributed by atoms with Crippen LogP contribution >= 0.6 is 11.3 Å². The van der Waals surface area contributed by atoms with Crippen LogP contribution in [0.5, 0.6) is 0 Å². The van der Waals surface area contributed by atoms with E-state index in [2.05, 4.69) is 4.98 Å². The van der Waals surface area contributed by atoms with Crippen LogP contribution in [0.2, 0.25) is 0 Å². The van der Waals surface area contributed by atoms with Crippen LogP contribution in [0.25, 0.3) is 0 Å². The minimum atomic E-state index is -0.738. The molecular formula is C15H18N2O2S. The number of aryl methyl sites for hydroxylation is 2. The fourth-order valence-electron chi connectivity index (χ4n) is 2.83. The van der Waals surface area contributed by atoms with Crippen molar-refractivity contribution in [1.82, 2.24) is 4.98 Å². The maximum atomic E-state index is 12.2. The molecular weight excluding hydrogens is 272 g/mol. The summed E-state index contributed by atoms with van der Waals surface area (Å²) in [5, 5.41) is 10.2. The molecule has 0 radical (unpaired) electrons. The van der Waals surface area contributed by atoms with Gasteiger partial charge < -0.3 is 4.74 Å². The first-order valence-corrected chi connectivity index (χ1v) is 7.25. The summed E-state index contributed by atoms with van der Waals surface area (Å²) in [4.78, 5) is 17.7. The van der Waals surface area contributed by atoms with Gasteiger partial charge in [-0.1, -0.05) is 13.8 Å². The molecule has 1 aliphatic rings. The molecule has 1 atom stereocenters. The van der Waals surface area contributed by atoms with E-state index in [-0.39, 0.29) is 11.4 Å². The Morgan fingerprint density at radius 2 is 2.10 bits per heavy atom.